The predicted octanol–water partition coefficient (Wildman–Crippen LogP) is -1.86. The van der Waals surface area contributed by atoms with Crippen molar-refractivity contribution in [2.24, 2.45) is 0 Å². The second-order valence-corrected chi connectivity index (χ2v) is 12.8. The van der Waals surface area contributed by atoms with Crippen molar-refractivity contribution in [3.8, 4) is 34.3 Å². The first-order valence-corrected chi connectivity index (χ1v) is 16.1. The summed E-state index contributed by atoms with van der Waals surface area (Å²) in [5.74, 6) is -1.79. The van der Waals surface area contributed by atoms with E-state index in [1.165, 1.54) is 51.1 Å². The number of benzene rings is 2. The van der Waals surface area contributed by atoms with Crippen molar-refractivity contribution in [3.63, 3.8) is 0 Å². The zero-order valence-electron chi connectivity index (χ0n) is 27.4. The van der Waals surface area contributed by atoms with E-state index < -0.39 is 114 Å². The first kappa shape index (κ1) is 37.1. The Morgan fingerprint density at radius 3 is 1.75 bits per heavy atom. The Balaban J connectivity index is 1.33. The van der Waals surface area contributed by atoms with Crippen molar-refractivity contribution >= 4 is 11.0 Å². The average molecular weight is 725 g/mol. The van der Waals surface area contributed by atoms with Crippen LogP contribution in [0.2, 0.25) is 0 Å². The lowest BCUT2D eigenvalue weighted by molar-refractivity contribution is -0.346. The minimum atomic E-state index is -1.80. The highest BCUT2D eigenvalue weighted by Crippen LogP contribution is 2.39. The van der Waals surface area contributed by atoms with Crippen molar-refractivity contribution in [1.29, 1.82) is 0 Å². The van der Waals surface area contributed by atoms with E-state index in [2.05, 4.69) is 0 Å². The number of ether oxygens (including phenoxy) is 6. The molecule has 0 bridgehead atoms. The molecule has 15 atom stereocenters. The maximum Gasteiger partial charge on any atom is 0.239 e. The van der Waals surface area contributed by atoms with Crippen LogP contribution in [0.5, 0.6) is 23.0 Å². The average Bonchev–Trinajstić information content (AvgIpc) is 3.09. The molecule has 3 aromatic rings. The molecule has 3 aliphatic heterocycles. The van der Waals surface area contributed by atoms with Gasteiger partial charge in [0.2, 0.25) is 23.8 Å². The number of rotatable bonds is 7. The fraction of sp³-hybridized carbons (Fsp3) is 0.545. The van der Waals surface area contributed by atoms with Gasteiger partial charge in [0.15, 0.2) is 12.1 Å². The molecule has 0 saturated carbocycles. The molecule has 0 radical (unpaired) electrons. The van der Waals surface area contributed by atoms with Crippen LogP contribution in [0.3, 0.4) is 0 Å². The molecule has 0 spiro atoms. The van der Waals surface area contributed by atoms with E-state index in [1.54, 1.807) is 0 Å². The standard InChI is InChI=1S/C33H40O18/c1-10-19(36)23(40)25(42)31(45-10)50-29-21(38)12(3)47-33(27(29)44)48-15-8-16(35)18-17(9-15)49-28(13-4-6-14(34)7-5-13)30(22(18)39)51-32-26(43)24(41)20(37)11(2)46-32/h4-12,19-21,23-27,29,31-38,40-44H,1-3H3. The molecule has 3 saturated heterocycles. The number of fused-ring (bicyclic) bond motifs is 1. The van der Waals surface area contributed by atoms with Crippen LogP contribution in [0, 0.1) is 0 Å². The van der Waals surface area contributed by atoms with Gasteiger partial charge in [0.1, 0.15) is 83.2 Å². The molecule has 51 heavy (non-hydrogen) atoms. The van der Waals surface area contributed by atoms with Crippen LogP contribution in [0.25, 0.3) is 22.3 Å². The van der Waals surface area contributed by atoms with E-state index in [-0.39, 0.29) is 28.4 Å². The van der Waals surface area contributed by atoms with E-state index >= 15 is 0 Å². The molecule has 3 aliphatic rings. The van der Waals surface area contributed by atoms with E-state index in [9.17, 15) is 55.9 Å². The summed E-state index contributed by atoms with van der Waals surface area (Å²) in [6.07, 6.45) is -22.3. The smallest absolute Gasteiger partial charge is 0.239 e. The van der Waals surface area contributed by atoms with E-state index in [0.717, 1.165) is 6.07 Å². The minimum Gasteiger partial charge on any atom is -0.508 e. The van der Waals surface area contributed by atoms with E-state index in [0.29, 0.717) is 0 Å². The van der Waals surface area contributed by atoms with Crippen molar-refractivity contribution < 1.29 is 83.9 Å². The lowest BCUT2D eigenvalue weighted by Crippen LogP contribution is -2.63. The van der Waals surface area contributed by atoms with Crippen LogP contribution in [-0.2, 0) is 18.9 Å². The number of aromatic hydroxyl groups is 2. The number of aliphatic hydroxyl groups excluding tert-OH is 8. The SMILES string of the molecule is CC1OC(Oc2c(-c3ccc(O)cc3)oc3cc(OC4OC(C)C(O)C(OC5OC(C)C(O)C(O)C5O)C4O)cc(O)c3c2=O)C(O)C(O)C1O. The third kappa shape index (κ3) is 6.98. The third-order valence-corrected chi connectivity index (χ3v) is 9.21. The molecule has 10 N–H and O–H groups in total. The Labute approximate surface area is 288 Å². The Kier molecular flexibility index (Phi) is 10.5. The summed E-state index contributed by atoms with van der Waals surface area (Å²) >= 11 is 0. The first-order chi connectivity index (χ1) is 24.1. The molecule has 6 rings (SSSR count). The van der Waals surface area contributed by atoms with Gasteiger partial charge in [-0.25, -0.2) is 0 Å². The highest BCUT2D eigenvalue weighted by atomic mass is 16.7. The van der Waals surface area contributed by atoms with Gasteiger partial charge in [-0.1, -0.05) is 0 Å². The van der Waals surface area contributed by atoms with Crippen molar-refractivity contribution in [2.45, 2.75) is 113 Å². The van der Waals surface area contributed by atoms with Gasteiger partial charge in [0, 0.05) is 17.7 Å². The Bertz CT molecular complexity index is 1750. The first-order valence-electron chi connectivity index (χ1n) is 16.1. The van der Waals surface area contributed by atoms with Crippen LogP contribution < -0.4 is 14.9 Å². The summed E-state index contributed by atoms with van der Waals surface area (Å²) in [5.41, 5.74) is -1.01. The summed E-state index contributed by atoms with van der Waals surface area (Å²) in [6, 6.07) is 7.56. The fourth-order valence-corrected chi connectivity index (χ4v) is 6.13. The van der Waals surface area contributed by atoms with Gasteiger partial charge in [-0.2, -0.15) is 0 Å². The normalized spacial score (nSPS) is 38.8. The molecule has 18 nitrogen and oxygen atoms in total. The van der Waals surface area contributed by atoms with Crippen molar-refractivity contribution in [3.05, 3.63) is 46.6 Å². The van der Waals surface area contributed by atoms with Crippen LogP contribution in [0.4, 0.5) is 0 Å². The number of phenols is 2. The van der Waals surface area contributed by atoms with Gasteiger partial charge in [-0.3, -0.25) is 4.79 Å². The zero-order valence-corrected chi connectivity index (χ0v) is 27.4. The molecule has 280 valence electrons. The Morgan fingerprint density at radius 1 is 0.608 bits per heavy atom. The lowest BCUT2D eigenvalue weighted by atomic mass is 9.97. The molecule has 1 aromatic heterocycles. The minimum absolute atomic E-state index is 0.116. The van der Waals surface area contributed by atoms with Crippen molar-refractivity contribution in [1.82, 2.24) is 0 Å². The van der Waals surface area contributed by atoms with Gasteiger partial charge in [-0.15, -0.1) is 0 Å². The lowest BCUT2D eigenvalue weighted by Gasteiger charge is -2.45. The van der Waals surface area contributed by atoms with E-state index in [4.69, 9.17) is 32.8 Å². The second-order valence-electron chi connectivity index (χ2n) is 12.8. The molecular formula is C33H40O18. The van der Waals surface area contributed by atoms with Gasteiger partial charge in [0.05, 0.1) is 18.3 Å². The molecular weight excluding hydrogens is 684 g/mol. The highest BCUT2D eigenvalue weighted by Gasteiger charge is 2.50. The van der Waals surface area contributed by atoms with Crippen molar-refractivity contribution in [2.75, 3.05) is 0 Å². The van der Waals surface area contributed by atoms with Crippen LogP contribution in [0.15, 0.2) is 45.6 Å². The molecule has 0 amide bonds. The van der Waals surface area contributed by atoms with Crippen LogP contribution >= 0.6 is 0 Å². The van der Waals surface area contributed by atoms with Crippen LogP contribution in [-0.4, -0.2) is 143 Å². The molecule has 3 fully saturated rings. The summed E-state index contributed by atoms with van der Waals surface area (Å²) < 4.78 is 39.9. The predicted molar refractivity (Wildman–Crippen MR) is 168 cm³/mol. The number of phenolic OH excluding ortho intramolecular Hbond substituents is 2. The summed E-state index contributed by atoms with van der Waals surface area (Å²) in [6.45, 7) is 4.29. The topological polar surface area (TPSA) is 288 Å². The maximum absolute atomic E-state index is 13.9. The summed E-state index contributed by atoms with van der Waals surface area (Å²) in [7, 11) is 0. The fourth-order valence-electron chi connectivity index (χ4n) is 6.13. The molecule has 0 aliphatic carbocycles. The number of hydrogen-bond acceptors (Lipinski definition) is 18. The Hall–Kier alpha value is -3.63. The zero-order chi connectivity index (χ0) is 37.0. The Morgan fingerprint density at radius 2 is 1.14 bits per heavy atom. The quantitative estimate of drug-likeness (QED) is 0.128. The van der Waals surface area contributed by atoms with Crippen LogP contribution in [0.1, 0.15) is 20.8 Å². The molecule has 15 unspecified atom stereocenters. The van der Waals surface area contributed by atoms with Gasteiger partial charge in [-0.05, 0) is 45.0 Å². The van der Waals surface area contributed by atoms with Gasteiger partial charge < -0.3 is 83.9 Å². The molecule has 4 heterocycles. The van der Waals surface area contributed by atoms with Gasteiger partial charge >= 0.3 is 0 Å². The summed E-state index contributed by atoms with van der Waals surface area (Å²) in [5, 5.41) is 104. The summed E-state index contributed by atoms with van der Waals surface area (Å²) in [4.78, 5) is 13.9. The van der Waals surface area contributed by atoms with Gasteiger partial charge in [0.25, 0.3) is 0 Å². The molecule has 18 heteroatoms. The number of hydrogen-bond donors (Lipinski definition) is 10. The number of aliphatic hydroxyl groups is 8. The van der Waals surface area contributed by atoms with E-state index in [1.807, 2.05) is 0 Å². The maximum atomic E-state index is 13.9. The highest BCUT2D eigenvalue weighted by molar-refractivity contribution is 5.88. The second kappa shape index (κ2) is 14.4. The molecule has 2 aromatic carbocycles. The monoisotopic (exact) mass is 724 g/mol. The third-order valence-electron chi connectivity index (χ3n) is 9.21. The largest absolute Gasteiger partial charge is 0.508 e.